The molecule has 0 saturated carbocycles. The van der Waals surface area contributed by atoms with Crippen LogP contribution in [0.15, 0.2) is 39.4 Å². The smallest absolute Gasteiger partial charge is 0.226 e. The quantitative estimate of drug-likeness (QED) is 0.941. The van der Waals surface area contributed by atoms with Crippen molar-refractivity contribution in [2.75, 3.05) is 7.05 Å². The second-order valence-electron chi connectivity index (χ2n) is 4.04. The maximum Gasteiger partial charge on any atom is 0.226 e. The summed E-state index contributed by atoms with van der Waals surface area (Å²) < 4.78 is 6.75. The molecule has 0 aliphatic rings. The molecule has 1 aromatic heterocycles. The molecule has 0 radical (unpaired) electrons. The number of nitrogens with zero attached hydrogens (tertiary/aromatic N) is 1. The average Bonchev–Trinajstić information content (AvgIpc) is 2.77. The summed E-state index contributed by atoms with van der Waals surface area (Å²) in [6.07, 6.45) is 2.64. The molecule has 4 heteroatoms. The van der Waals surface area contributed by atoms with Crippen LogP contribution in [0.25, 0.3) is 11.5 Å². The number of likely N-dealkylation sites (N-methyl/N-ethyl adjacent to an activating group) is 1. The van der Waals surface area contributed by atoms with Gasteiger partial charge in [0.05, 0.1) is 6.20 Å². The van der Waals surface area contributed by atoms with E-state index in [1.54, 1.807) is 6.20 Å². The van der Waals surface area contributed by atoms with Crippen LogP contribution in [0.1, 0.15) is 12.7 Å². The van der Waals surface area contributed by atoms with E-state index in [4.69, 9.17) is 4.42 Å². The van der Waals surface area contributed by atoms with Crippen molar-refractivity contribution in [2.24, 2.45) is 0 Å². The van der Waals surface area contributed by atoms with Crippen molar-refractivity contribution < 1.29 is 4.42 Å². The first-order valence-corrected chi connectivity index (χ1v) is 6.36. The Labute approximate surface area is 109 Å². The highest BCUT2D eigenvalue weighted by atomic mass is 79.9. The third kappa shape index (κ3) is 3.17. The molecule has 1 aromatic carbocycles. The van der Waals surface area contributed by atoms with Crippen LogP contribution < -0.4 is 5.32 Å². The Morgan fingerprint density at radius 2 is 2.29 bits per heavy atom. The Kier molecular flexibility index (Phi) is 3.97. The van der Waals surface area contributed by atoms with E-state index < -0.39 is 0 Å². The first kappa shape index (κ1) is 12.3. The zero-order valence-electron chi connectivity index (χ0n) is 9.90. The molecule has 0 saturated heterocycles. The topological polar surface area (TPSA) is 38.1 Å². The first-order chi connectivity index (χ1) is 8.19. The van der Waals surface area contributed by atoms with E-state index >= 15 is 0 Å². The summed E-state index contributed by atoms with van der Waals surface area (Å²) in [6, 6.07) is 8.33. The number of hydrogen-bond acceptors (Lipinski definition) is 3. The van der Waals surface area contributed by atoms with Crippen molar-refractivity contribution in [1.29, 1.82) is 0 Å². The molecule has 1 atom stereocenters. The number of hydrogen-bond donors (Lipinski definition) is 1. The molecule has 1 heterocycles. The molecule has 0 fully saturated rings. The van der Waals surface area contributed by atoms with E-state index in [1.807, 2.05) is 31.3 Å². The maximum atomic E-state index is 5.73. The molecule has 3 nitrogen and oxygen atoms in total. The van der Waals surface area contributed by atoms with Crippen LogP contribution in [0, 0.1) is 0 Å². The third-order valence-electron chi connectivity index (χ3n) is 2.63. The SMILES string of the molecule is CNC(C)Cc1cnc(-c2cccc(Br)c2)o1. The van der Waals surface area contributed by atoms with Crippen LogP contribution in [0.4, 0.5) is 0 Å². The molecule has 0 aliphatic carbocycles. The van der Waals surface area contributed by atoms with E-state index in [0.717, 1.165) is 22.2 Å². The fourth-order valence-electron chi connectivity index (χ4n) is 1.56. The average molecular weight is 295 g/mol. The van der Waals surface area contributed by atoms with Crippen molar-refractivity contribution in [3.8, 4) is 11.5 Å². The van der Waals surface area contributed by atoms with Gasteiger partial charge in [0.2, 0.25) is 5.89 Å². The largest absolute Gasteiger partial charge is 0.441 e. The summed E-state index contributed by atoms with van der Waals surface area (Å²) in [5.74, 6) is 1.58. The summed E-state index contributed by atoms with van der Waals surface area (Å²) in [5.41, 5.74) is 0.989. The molecule has 1 unspecified atom stereocenters. The van der Waals surface area contributed by atoms with Gasteiger partial charge in [-0.2, -0.15) is 0 Å². The predicted molar refractivity (Wildman–Crippen MR) is 71.9 cm³/mol. The van der Waals surface area contributed by atoms with Gasteiger partial charge in [0.25, 0.3) is 0 Å². The molecule has 0 spiro atoms. The van der Waals surface area contributed by atoms with Gasteiger partial charge in [-0.15, -0.1) is 0 Å². The van der Waals surface area contributed by atoms with Crippen molar-refractivity contribution in [1.82, 2.24) is 10.3 Å². The molecule has 2 rings (SSSR count). The van der Waals surface area contributed by atoms with Crippen molar-refractivity contribution in [2.45, 2.75) is 19.4 Å². The summed E-state index contributed by atoms with van der Waals surface area (Å²) in [5, 5.41) is 3.18. The van der Waals surface area contributed by atoms with E-state index in [2.05, 4.69) is 33.2 Å². The van der Waals surface area contributed by atoms with Crippen LogP contribution in [-0.4, -0.2) is 18.1 Å². The minimum absolute atomic E-state index is 0.387. The summed E-state index contributed by atoms with van der Waals surface area (Å²) in [6.45, 7) is 2.11. The minimum Gasteiger partial charge on any atom is -0.441 e. The lowest BCUT2D eigenvalue weighted by atomic mass is 10.2. The van der Waals surface area contributed by atoms with Gasteiger partial charge in [-0.05, 0) is 32.2 Å². The van der Waals surface area contributed by atoms with Gasteiger partial charge in [-0.3, -0.25) is 0 Å². The second kappa shape index (κ2) is 5.47. The van der Waals surface area contributed by atoms with E-state index in [-0.39, 0.29) is 0 Å². The standard InChI is InChI=1S/C13H15BrN2O/c1-9(15-2)6-12-8-16-13(17-12)10-4-3-5-11(14)7-10/h3-5,7-9,15H,6H2,1-2H3. The fourth-order valence-corrected chi connectivity index (χ4v) is 1.96. The van der Waals surface area contributed by atoms with Gasteiger partial charge in [0.15, 0.2) is 0 Å². The monoisotopic (exact) mass is 294 g/mol. The van der Waals surface area contributed by atoms with E-state index in [0.29, 0.717) is 11.9 Å². The Bertz CT molecular complexity index is 496. The lowest BCUT2D eigenvalue weighted by Crippen LogP contribution is -2.23. The molecule has 0 bridgehead atoms. The van der Waals surface area contributed by atoms with Crippen molar-refractivity contribution >= 4 is 15.9 Å². The Hall–Kier alpha value is -1.13. The number of rotatable bonds is 4. The Balaban J connectivity index is 2.18. The van der Waals surface area contributed by atoms with Crippen LogP contribution in [0.2, 0.25) is 0 Å². The van der Waals surface area contributed by atoms with Crippen LogP contribution in [-0.2, 0) is 6.42 Å². The maximum absolute atomic E-state index is 5.73. The highest BCUT2D eigenvalue weighted by Crippen LogP contribution is 2.23. The molecule has 90 valence electrons. The van der Waals surface area contributed by atoms with Gasteiger partial charge in [-0.25, -0.2) is 4.98 Å². The zero-order chi connectivity index (χ0) is 12.3. The van der Waals surface area contributed by atoms with Gasteiger partial charge >= 0.3 is 0 Å². The van der Waals surface area contributed by atoms with Gasteiger partial charge in [0, 0.05) is 22.5 Å². The molecule has 1 N–H and O–H groups in total. The molecule has 2 aromatic rings. The Morgan fingerprint density at radius 3 is 3.00 bits per heavy atom. The number of halogens is 1. The van der Waals surface area contributed by atoms with E-state index in [1.165, 1.54) is 0 Å². The van der Waals surface area contributed by atoms with E-state index in [9.17, 15) is 0 Å². The minimum atomic E-state index is 0.387. The zero-order valence-corrected chi connectivity index (χ0v) is 11.5. The number of oxazole rings is 1. The van der Waals surface area contributed by atoms with Crippen molar-refractivity contribution in [3.05, 3.63) is 40.7 Å². The van der Waals surface area contributed by atoms with Crippen LogP contribution in [0.3, 0.4) is 0 Å². The van der Waals surface area contributed by atoms with Gasteiger partial charge in [0.1, 0.15) is 5.76 Å². The highest BCUT2D eigenvalue weighted by molar-refractivity contribution is 9.10. The molecule has 0 aliphatic heterocycles. The fraction of sp³-hybridized carbons (Fsp3) is 0.308. The van der Waals surface area contributed by atoms with Gasteiger partial charge < -0.3 is 9.73 Å². The van der Waals surface area contributed by atoms with Gasteiger partial charge in [-0.1, -0.05) is 22.0 Å². The molecular formula is C13H15BrN2O. The first-order valence-electron chi connectivity index (χ1n) is 5.57. The second-order valence-corrected chi connectivity index (χ2v) is 4.95. The number of nitrogens with one attached hydrogen (secondary N) is 1. The third-order valence-corrected chi connectivity index (χ3v) is 3.12. The Morgan fingerprint density at radius 1 is 1.47 bits per heavy atom. The molecule has 0 amide bonds. The summed E-state index contributed by atoms with van der Waals surface area (Å²) >= 11 is 3.44. The van der Waals surface area contributed by atoms with Crippen LogP contribution >= 0.6 is 15.9 Å². The summed E-state index contributed by atoms with van der Waals surface area (Å²) in [4.78, 5) is 4.30. The molecular weight excluding hydrogens is 280 g/mol. The lowest BCUT2D eigenvalue weighted by molar-refractivity contribution is 0.479. The molecule has 17 heavy (non-hydrogen) atoms. The lowest BCUT2D eigenvalue weighted by Gasteiger charge is -2.06. The highest BCUT2D eigenvalue weighted by Gasteiger charge is 2.09. The summed E-state index contributed by atoms with van der Waals surface area (Å²) in [7, 11) is 1.94. The van der Waals surface area contributed by atoms with Crippen LogP contribution in [0.5, 0.6) is 0 Å². The normalized spacial score (nSPS) is 12.6. The van der Waals surface area contributed by atoms with Crippen molar-refractivity contribution in [3.63, 3.8) is 0 Å². The number of aromatic nitrogens is 1. The number of benzene rings is 1. The predicted octanol–water partition coefficient (Wildman–Crippen LogP) is 3.25.